The van der Waals surface area contributed by atoms with Crippen molar-refractivity contribution >= 4 is 5.78 Å². The molecule has 1 aliphatic carbocycles. The van der Waals surface area contributed by atoms with E-state index in [1.807, 2.05) is 0 Å². The van der Waals surface area contributed by atoms with Gasteiger partial charge in [0.1, 0.15) is 5.60 Å². The summed E-state index contributed by atoms with van der Waals surface area (Å²) in [5.41, 5.74) is -2.22. The smallest absolute Gasteiger partial charge is 0.248 e. The van der Waals surface area contributed by atoms with Crippen molar-refractivity contribution in [1.29, 1.82) is 0 Å². The number of rotatable bonds is 1. The highest BCUT2D eigenvalue weighted by atomic mass is 19.3. The summed E-state index contributed by atoms with van der Waals surface area (Å²) in [6, 6.07) is 0. The van der Waals surface area contributed by atoms with Crippen LogP contribution in [0, 0.1) is 5.41 Å². The van der Waals surface area contributed by atoms with Crippen molar-refractivity contribution in [3.8, 4) is 0 Å². The molecule has 0 amide bonds. The summed E-state index contributed by atoms with van der Waals surface area (Å²) in [7, 11) is 0. The third kappa shape index (κ3) is 2.74. The normalized spacial score (nSPS) is 24.9. The van der Waals surface area contributed by atoms with Gasteiger partial charge in [0.25, 0.3) is 0 Å². The first kappa shape index (κ1) is 12.6. The van der Waals surface area contributed by atoms with Crippen LogP contribution in [0.15, 0.2) is 0 Å². The van der Waals surface area contributed by atoms with Crippen molar-refractivity contribution in [3.05, 3.63) is 0 Å². The zero-order valence-electron chi connectivity index (χ0n) is 9.44. The molecule has 0 aromatic carbocycles. The van der Waals surface area contributed by atoms with Gasteiger partial charge >= 0.3 is 0 Å². The number of ketones is 1. The van der Waals surface area contributed by atoms with Gasteiger partial charge in [-0.2, -0.15) is 0 Å². The summed E-state index contributed by atoms with van der Waals surface area (Å²) in [6.07, 6.45) is -1.05. The maximum Gasteiger partial charge on any atom is 0.248 e. The molecule has 0 spiro atoms. The zero-order chi connectivity index (χ0) is 11.9. The Balaban J connectivity index is 2.75. The summed E-state index contributed by atoms with van der Waals surface area (Å²) >= 11 is 0. The number of alkyl halides is 2. The molecule has 15 heavy (non-hydrogen) atoms. The lowest BCUT2D eigenvalue weighted by Crippen LogP contribution is -2.49. The molecule has 1 saturated carbocycles. The Bertz CT molecular complexity index is 256. The minimum atomic E-state index is -2.72. The van der Waals surface area contributed by atoms with E-state index in [1.54, 1.807) is 20.8 Å². The van der Waals surface area contributed by atoms with E-state index in [4.69, 9.17) is 0 Å². The molecule has 1 fully saturated rings. The molecule has 4 heteroatoms. The number of Topliss-reactive ketones (excluding diaryl/α,β-unsaturated/α-hetero) is 1. The highest BCUT2D eigenvalue weighted by molar-refractivity contribution is 5.91. The second-order valence-corrected chi connectivity index (χ2v) is 5.47. The molecule has 2 nitrogen and oxygen atoms in total. The van der Waals surface area contributed by atoms with Crippen molar-refractivity contribution in [3.63, 3.8) is 0 Å². The number of halogens is 2. The molecular formula is C11H18F2O2. The Morgan fingerprint density at radius 3 is 1.87 bits per heavy atom. The van der Waals surface area contributed by atoms with E-state index in [1.165, 1.54) is 0 Å². The lowest BCUT2D eigenvalue weighted by Gasteiger charge is -2.38. The van der Waals surface area contributed by atoms with Gasteiger partial charge < -0.3 is 5.11 Å². The third-order valence-corrected chi connectivity index (χ3v) is 2.91. The van der Waals surface area contributed by atoms with Crippen LogP contribution in [0.5, 0.6) is 0 Å². The molecule has 0 radical (unpaired) electrons. The molecule has 1 aliphatic rings. The highest BCUT2D eigenvalue weighted by Crippen LogP contribution is 2.41. The Kier molecular flexibility index (Phi) is 2.94. The van der Waals surface area contributed by atoms with E-state index in [0.29, 0.717) is 0 Å². The van der Waals surface area contributed by atoms with Gasteiger partial charge in [-0.3, -0.25) is 4.79 Å². The summed E-state index contributed by atoms with van der Waals surface area (Å²) < 4.78 is 25.8. The summed E-state index contributed by atoms with van der Waals surface area (Å²) in [5, 5.41) is 10.0. The molecule has 1 rings (SSSR count). The van der Waals surface area contributed by atoms with Gasteiger partial charge in [0.05, 0.1) is 0 Å². The summed E-state index contributed by atoms with van der Waals surface area (Å²) in [6.45, 7) is 5.08. The Labute approximate surface area is 88.7 Å². The largest absolute Gasteiger partial charge is 0.382 e. The average Bonchev–Trinajstić information content (AvgIpc) is 2.08. The molecule has 0 aromatic rings. The van der Waals surface area contributed by atoms with E-state index < -0.39 is 29.8 Å². The van der Waals surface area contributed by atoms with E-state index in [9.17, 15) is 18.7 Å². The molecule has 88 valence electrons. The minimum absolute atomic E-state index is 0.129. The van der Waals surface area contributed by atoms with Crippen molar-refractivity contribution < 1.29 is 18.7 Å². The van der Waals surface area contributed by atoms with Gasteiger partial charge in [0.2, 0.25) is 5.92 Å². The van der Waals surface area contributed by atoms with Gasteiger partial charge in [-0.25, -0.2) is 8.78 Å². The van der Waals surface area contributed by atoms with Crippen molar-refractivity contribution in [2.24, 2.45) is 5.41 Å². The summed E-state index contributed by atoms with van der Waals surface area (Å²) in [5.74, 6) is -3.05. The van der Waals surface area contributed by atoms with Crippen molar-refractivity contribution in [2.75, 3.05) is 0 Å². The molecule has 0 bridgehead atoms. The molecule has 0 aliphatic heterocycles. The fourth-order valence-electron chi connectivity index (χ4n) is 1.95. The Morgan fingerprint density at radius 1 is 1.13 bits per heavy atom. The van der Waals surface area contributed by atoms with Crippen LogP contribution < -0.4 is 0 Å². The van der Waals surface area contributed by atoms with Gasteiger partial charge in [0.15, 0.2) is 5.78 Å². The molecule has 1 N–H and O–H groups in total. The van der Waals surface area contributed by atoms with Crippen molar-refractivity contribution in [2.45, 2.75) is 58.0 Å². The number of hydrogen-bond donors (Lipinski definition) is 1. The first-order valence-electron chi connectivity index (χ1n) is 5.22. The number of hydrogen-bond acceptors (Lipinski definition) is 2. The predicted octanol–water partition coefficient (Wildman–Crippen LogP) is 2.54. The van der Waals surface area contributed by atoms with Crippen LogP contribution in [0.1, 0.15) is 46.5 Å². The van der Waals surface area contributed by atoms with Crippen LogP contribution in [0.4, 0.5) is 8.78 Å². The van der Waals surface area contributed by atoms with Crippen LogP contribution >= 0.6 is 0 Å². The zero-order valence-corrected chi connectivity index (χ0v) is 9.44. The monoisotopic (exact) mass is 220 g/mol. The molecule has 0 heterocycles. The maximum atomic E-state index is 12.9. The maximum absolute atomic E-state index is 12.9. The molecule has 0 unspecified atom stereocenters. The van der Waals surface area contributed by atoms with Crippen LogP contribution in [0.3, 0.4) is 0 Å². The van der Waals surface area contributed by atoms with E-state index in [2.05, 4.69) is 0 Å². The van der Waals surface area contributed by atoms with Crippen LogP contribution in [-0.4, -0.2) is 22.4 Å². The SMILES string of the molecule is CC(C)(C)C(=O)C1(O)CCC(F)(F)CC1. The van der Waals surface area contributed by atoms with Crippen molar-refractivity contribution in [1.82, 2.24) is 0 Å². The standard InChI is InChI=1S/C11H18F2O2/c1-9(2,3)8(14)10(15)4-6-11(12,13)7-5-10/h15H,4-7H2,1-3H3. The minimum Gasteiger partial charge on any atom is -0.382 e. The molecule has 0 saturated heterocycles. The van der Waals surface area contributed by atoms with Crippen LogP contribution in [-0.2, 0) is 4.79 Å². The third-order valence-electron chi connectivity index (χ3n) is 2.91. The quantitative estimate of drug-likeness (QED) is 0.737. The van der Waals surface area contributed by atoms with E-state index >= 15 is 0 Å². The van der Waals surface area contributed by atoms with Gasteiger partial charge in [-0.1, -0.05) is 20.8 Å². The second kappa shape index (κ2) is 3.51. The van der Waals surface area contributed by atoms with Gasteiger partial charge in [-0.15, -0.1) is 0 Å². The topological polar surface area (TPSA) is 37.3 Å². The molecule has 0 atom stereocenters. The molecular weight excluding hydrogens is 202 g/mol. The Morgan fingerprint density at radius 2 is 1.53 bits per heavy atom. The molecule has 0 aromatic heterocycles. The highest BCUT2D eigenvalue weighted by Gasteiger charge is 2.49. The Hall–Kier alpha value is -0.510. The van der Waals surface area contributed by atoms with Crippen LogP contribution in [0.25, 0.3) is 0 Å². The fraction of sp³-hybridized carbons (Fsp3) is 0.909. The predicted molar refractivity (Wildman–Crippen MR) is 52.8 cm³/mol. The van der Waals surface area contributed by atoms with E-state index in [0.717, 1.165) is 0 Å². The second-order valence-electron chi connectivity index (χ2n) is 5.47. The fourth-order valence-corrected chi connectivity index (χ4v) is 1.95. The lowest BCUT2D eigenvalue weighted by molar-refractivity contribution is -0.158. The average molecular weight is 220 g/mol. The van der Waals surface area contributed by atoms with Crippen LogP contribution in [0.2, 0.25) is 0 Å². The number of carbonyl (C=O) groups is 1. The van der Waals surface area contributed by atoms with Gasteiger partial charge in [0, 0.05) is 18.3 Å². The first-order valence-corrected chi connectivity index (χ1v) is 5.22. The lowest BCUT2D eigenvalue weighted by atomic mass is 9.72. The first-order chi connectivity index (χ1) is 6.57. The number of carbonyl (C=O) groups excluding carboxylic acids is 1. The number of aliphatic hydroxyl groups is 1. The van der Waals surface area contributed by atoms with E-state index in [-0.39, 0.29) is 18.6 Å². The summed E-state index contributed by atoms with van der Waals surface area (Å²) in [4.78, 5) is 11.9. The van der Waals surface area contributed by atoms with Gasteiger partial charge in [-0.05, 0) is 12.8 Å².